The second-order valence-electron chi connectivity index (χ2n) is 6.33. The molecule has 4 rings (SSSR count). The number of carbonyl (C=O) groups is 1. The lowest BCUT2D eigenvalue weighted by Gasteiger charge is -2.14. The largest absolute Gasteiger partial charge is 0.330 e. The molecule has 0 saturated heterocycles. The molecular weight excluding hydrogens is 370 g/mol. The van der Waals surface area contributed by atoms with Crippen molar-refractivity contribution in [2.45, 2.75) is 13.0 Å². The minimum atomic E-state index is -0.563. The molecule has 0 fully saturated rings. The SMILES string of the molecule is NCCCn1c2c(c3ccc([N+](=O)[O-])cc3c1=O)C(=O)c1cc(Cl)ccc1-2. The summed E-state index contributed by atoms with van der Waals surface area (Å²) in [5.74, 6) is -0.247. The summed E-state index contributed by atoms with van der Waals surface area (Å²) in [4.78, 5) is 36.8. The van der Waals surface area contributed by atoms with Crippen LogP contribution in [0, 0.1) is 10.1 Å². The highest BCUT2D eigenvalue weighted by Gasteiger charge is 2.33. The van der Waals surface area contributed by atoms with Crippen LogP contribution in [0.25, 0.3) is 22.0 Å². The Morgan fingerprint density at radius 1 is 1.07 bits per heavy atom. The van der Waals surface area contributed by atoms with Gasteiger partial charge in [-0.3, -0.25) is 19.7 Å². The monoisotopic (exact) mass is 383 g/mol. The van der Waals surface area contributed by atoms with Gasteiger partial charge in [0.25, 0.3) is 11.2 Å². The summed E-state index contributed by atoms with van der Waals surface area (Å²) >= 11 is 6.05. The second-order valence-corrected chi connectivity index (χ2v) is 6.77. The molecule has 0 bridgehead atoms. The van der Waals surface area contributed by atoms with Crippen LogP contribution in [0.4, 0.5) is 5.69 Å². The average Bonchev–Trinajstić information content (AvgIpc) is 2.93. The molecular formula is C19H14ClN3O4. The van der Waals surface area contributed by atoms with E-state index in [1.54, 1.807) is 18.2 Å². The first-order chi connectivity index (χ1) is 12.9. The number of nitro benzene ring substituents is 1. The van der Waals surface area contributed by atoms with Gasteiger partial charge < -0.3 is 10.3 Å². The number of carbonyl (C=O) groups excluding carboxylic acids is 1. The van der Waals surface area contributed by atoms with Crippen molar-refractivity contribution in [3.8, 4) is 11.3 Å². The number of hydrogen-bond donors (Lipinski definition) is 1. The number of benzene rings is 2. The first-order valence-corrected chi connectivity index (χ1v) is 8.71. The maximum Gasteiger partial charge on any atom is 0.270 e. The lowest BCUT2D eigenvalue weighted by atomic mass is 10.0. The van der Waals surface area contributed by atoms with Crippen molar-refractivity contribution >= 4 is 33.8 Å². The fraction of sp³-hybridized carbons (Fsp3) is 0.158. The lowest BCUT2D eigenvalue weighted by molar-refractivity contribution is -0.384. The quantitative estimate of drug-likeness (QED) is 0.430. The molecule has 0 atom stereocenters. The van der Waals surface area contributed by atoms with Crippen LogP contribution >= 0.6 is 11.6 Å². The molecule has 1 aliphatic carbocycles. The predicted molar refractivity (Wildman–Crippen MR) is 102 cm³/mol. The highest BCUT2D eigenvalue weighted by atomic mass is 35.5. The van der Waals surface area contributed by atoms with Crippen molar-refractivity contribution in [1.29, 1.82) is 0 Å². The normalized spacial score (nSPS) is 12.3. The van der Waals surface area contributed by atoms with Crippen LogP contribution in [0.15, 0.2) is 41.2 Å². The highest BCUT2D eigenvalue weighted by molar-refractivity contribution is 6.33. The number of rotatable bonds is 4. The predicted octanol–water partition coefficient (Wildman–Crippen LogP) is 3.12. The van der Waals surface area contributed by atoms with E-state index in [1.807, 2.05) is 0 Å². The number of hydrogen-bond acceptors (Lipinski definition) is 5. The van der Waals surface area contributed by atoms with Gasteiger partial charge in [0, 0.05) is 40.2 Å². The third-order valence-electron chi connectivity index (χ3n) is 4.76. The molecule has 2 N–H and O–H groups in total. The summed E-state index contributed by atoms with van der Waals surface area (Å²) in [7, 11) is 0. The third kappa shape index (κ3) is 2.55. The number of pyridine rings is 1. The number of nitro groups is 1. The molecule has 0 saturated carbocycles. The molecule has 1 heterocycles. The fourth-order valence-electron chi connectivity index (χ4n) is 3.57. The average molecular weight is 384 g/mol. The van der Waals surface area contributed by atoms with E-state index in [1.165, 1.54) is 22.8 Å². The van der Waals surface area contributed by atoms with E-state index in [0.717, 1.165) is 0 Å². The molecule has 0 unspecified atom stereocenters. The van der Waals surface area contributed by atoms with Gasteiger partial charge in [-0.15, -0.1) is 0 Å². The van der Waals surface area contributed by atoms with Gasteiger partial charge in [-0.1, -0.05) is 17.7 Å². The third-order valence-corrected chi connectivity index (χ3v) is 4.99. The maximum absolute atomic E-state index is 13.1. The minimum absolute atomic E-state index is 0.146. The molecule has 27 heavy (non-hydrogen) atoms. The Labute approximate surface area is 158 Å². The number of halogens is 1. The molecule has 0 spiro atoms. The van der Waals surface area contributed by atoms with Crippen molar-refractivity contribution < 1.29 is 9.72 Å². The van der Waals surface area contributed by atoms with E-state index in [0.29, 0.717) is 52.3 Å². The zero-order chi connectivity index (χ0) is 19.3. The second kappa shape index (κ2) is 6.29. The highest BCUT2D eigenvalue weighted by Crippen LogP contribution is 2.40. The van der Waals surface area contributed by atoms with E-state index in [4.69, 9.17) is 17.3 Å². The van der Waals surface area contributed by atoms with E-state index in [-0.39, 0.29) is 22.4 Å². The van der Waals surface area contributed by atoms with Crippen molar-refractivity contribution in [1.82, 2.24) is 4.57 Å². The summed E-state index contributed by atoms with van der Waals surface area (Å²) < 4.78 is 1.49. The van der Waals surface area contributed by atoms with Gasteiger partial charge in [0.05, 0.1) is 21.6 Å². The van der Waals surface area contributed by atoms with Gasteiger partial charge in [0.15, 0.2) is 5.78 Å². The number of ketones is 1. The van der Waals surface area contributed by atoms with Crippen LogP contribution in [0.2, 0.25) is 5.02 Å². The molecule has 7 nitrogen and oxygen atoms in total. The first-order valence-electron chi connectivity index (χ1n) is 8.33. The molecule has 1 aliphatic rings. The molecule has 0 amide bonds. The molecule has 0 radical (unpaired) electrons. The summed E-state index contributed by atoms with van der Waals surface area (Å²) in [5.41, 5.74) is 6.97. The van der Waals surface area contributed by atoms with Crippen LogP contribution in [0.1, 0.15) is 22.3 Å². The molecule has 2 aromatic carbocycles. The fourth-order valence-corrected chi connectivity index (χ4v) is 3.74. The molecule has 1 aromatic heterocycles. The summed E-state index contributed by atoms with van der Waals surface area (Å²) in [6.07, 6.45) is 0.532. The minimum Gasteiger partial charge on any atom is -0.330 e. The van der Waals surface area contributed by atoms with E-state index in [2.05, 4.69) is 0 Å². The Balaban J connectivity index is 2.13. The zero-order valence-electron chi connectivity index (χ0n) is 14.1. The van der Waals surface area contributed by atoms with Gasteiger partial charge in [-0.2, -0.15) is 0 Å². The lowest BCUT2D eigenvalue weighted by Crippen LogP contribution is -2.24. The smallest absolute Gasteiger partial charge is 0.270 e. The van der Waals surface area contributed by atoms with Crippen LogP contribution in [0.3, 0.4) is 0 Å². The molecule has 8 heteroatoms. The number of aromatic nitrogens is 1. The topological polar surface area (TPSA) is 108 Å². The van der Waals surface area contributed by atoms with Gasteiger partial charge in [-0.05, 0) is 31.2 Å². The van der Waals surface area contributed by atoms with E-state index >= 15 is 0 Å². The number of nitrogens with two attached hydrogens (primary N) is 1. The Morgan fingerprint density at radius 2 is 1.85 bits per heavy atom. The Morgan fingerprint density at radius 3 is 2.56 bits per heavy atom. The first kappa shape index (κ1) is 17.4. The summed E-state index contributed by atoms with van der Waals surface area (Å²) in [6.45, 7) is 0.682. The van der Waals surface area contributed by atoms with Gasteiger partial charge in [-0.25, -0.2) is 0 Å². The van der Waals surface area contributed by atoms with Crippen molar-refractivity contribution in [2.75, 3.05) is 6.54 Å². The summed E-state index contributed by atoms with van der Waals surface area (Å²) in [5, 5.41) is 12.1. The van der Waals surface area contributed by atoms with Crippen LogP contribution in [-0.4, -0.2) is 21.8 Å². The number of non-ortho nitro benzene ring substituents is 1. The Kier molecular flexibility index (Phi) is 4.05. The molecule has 3 aromatic rings. The number of nitrogens with zero attached hydrogens (tertiary/aromatic N) is 2. The Hall–Kier alpha value is -3.03. The van der Waals surface area contributed by atoms with Crippen LogP contribution in [0.5, 0.6) is 0 Å². The zero-order valence-corrected chi connectivity index (χ0v) is 14.8. The maximum atomic E-state index is 13.1. The van der Waals surface area contributed by atoms with Crippen molar-refractivity contribution in [3.63, 3.8) is 0 Å². The van der Waals surface area contributed by atoms with Crippen LogP contribution in [-0.2, 0) is 6.54 Å². The van der Waals surface area contributed by atoms with Crippen molar-refractivity contribution in [2.24, 2.45) is 5.73 Å². The standard InChI is InChI=1S/C19H14ClN3O4/c20-10-2-4-13-14(8-10)18(24)16-12-5-3-11(23(26)27)9-15(12)19(25)22(17(13)16)7-1-6-21/h2-5,8-9H,1,6-7,21H2. The van der Waals surface area contributed by atoms with Gasteiger partial charge >= 0.3 is 0 Å². The van der Waals surface area contributed by atoms with Crippen molar-refractivity contribution in [3.05, 3.63) is 73.0 Å². The van der Waals surface area contributed by atoms with E-state index in [9.17, 15) is 19.7 Å². The van der Waals surface area contributed by atoms with Gasteiger partial charge in [0.1, 0.15) is 0 Å². The van der Waals surface area contributed by atoms with E-state index < -0.39 is 4.92 Å². The molecule has 136 valence electrons. The van der Waals surface area contributed by atoms with Gasteiger partial charge in [0.2, 0.25) is 0 Å². The molecule has 0 aliphatic heterocycles. The number of fused-ring (bicyclic) bond motifs is 5. The summed E-state index contributed by atoms with van der Waals surface area (Å²) in [6, 6.07) is 8.95. The Bertz CT molecular complexity index is 1200. The van der Waals surface area contributed by atoms with Crippen LogP contribution < -0.4 is 11.3 Å².